The van der Waals surface area contributed by atoms with Crippen LogP contribution in [0.15, 0.2) is 30.3 Å². The van der Waals surface area contributed by atoms with Crippen LogP contribution in [0.2, 0.25) is 0 Å². The molecule has 0 N–H and O–H groups in total. The zero-order valence-electron chi connectivity index (χ0n) is 9.29. The maximum Gasteiger partial charge on any atom is 0.373 e. The van der Waals surface area contributed by atoms with Gasteiger partial charge in [0.05, 0.1) is 0 Å². The molecule has 0 aliphatic carbocycles. The summed E-state index contributed by atoms with van der Waals surface area (Å²) in [4.78, 5) is 0. The van der Waals surface area contributed by atoms with Crippen LogP contribution in [0.5, 0.6) is 0 Å². The maximum atomic E-state index is 6.06. The first-order valence-electron chi connectivity index (χ1n) is 5.14. The number of hydrogen-bond donors (Lipinski definition) is 0. The van der Waals surface area contributed by atoms with E-state index in [2.05, 4.69) is 13.8 Å². The summed E-state index contributed by atoms with van der Waals surface area (Å²) in [6, 6.07) is 6.74. The lowest BCUT2D eigenvalue weighted by Gasteiger charge is -2.24. The average molecular weight is 298 g/mol. The van der Waals surface area contributed by atoms with Crippen LogP contribution in [0.1, 0.15) is 25.1 Å². The first-order chi connectivity index (χ1) is 7.41. The lowest BCUT2D eigenvalue weighted by atomic mass is 10.2. The van der Waals surface area contributed by atoms with Crippen molar-refractivity contribution in [2.75, 3.05) is 6.61 Å². The zero-order valence-corrected chi connectivity index (χ0v) is 12.6. The Morgan fingerprint density at radius 2 is 1.69 bits per heavy atom. The number of halogens is 3. The molecule has 0 spiro atoms. The summed E-state index contributed by atoms with van der Waals surface area (Å²) < 4.78 is 5.72. The van der Waals surface area contributed by atoms with E-state index in [0.717, 1.165) is 5.56 Å². The van der Waals surface area contributed by atoms with Crippen molar-refractivity contribution in [2.24, 2.45) is 5.92 Å². The normalized spacial score (nSPS) is 14.1. The lowest BCUT2D eigenvalue weighted by molar-refractivity contribution is 0.0824. The van der Waals surface area contributed by atoms with Gasteiger partial charge in [0.15, 0.2) is 0 Å². The van der Waals surface area contributed by atoms with Crippen LogP contribution in [0.25, 0.3) is 0 Å². The monoisotopic (exact) mass is 296 g/mol. The Labute approximate surface area is 112 Å². The molecular weight excluding hydrogens is 283 g/mol. The molecule has 5 heteroatoms. The van der Waals surface area contributed by atoms with Gasteiger partial charge in [-0.2, -0.15) is 0 Å². The highest BCUT2D eigenvalue weighted by Crippen LogP contribution is 2.37. The van der Waals surface area contributed by atoms with Crippen molar-refractivity contribution in [3.63, 3.8) is 0 Å². The summed E-state index contributed by atoms with van der Waals surface area (Å²) in [5.41, 5.74) is 0.552. The van der Waals surface area contributed by atoms with Crippen LogP contribution in [0.3, 0.4) is 0 Å². The van der Waals surface area contributed by atoms with E-state index in [1.165, 1.54) is 0 Å². The van der Waals surface area contributed by atoms with E-state index in [-0.39, 0.29) is 5.73 Å². The molecule has 0 aliphatic heterocycles. The number of ether oxygens (including phenoxy) is 1. The van der Waals surface area contributed by atoms with E-state index in [1.807, 2.05) is 30.3 Å². The summed E-state index contributed by atoms with van der Waals surface area (Å²) in [6.07, 6.45) is 0. The van der Waals surface area contributed by atoms with E-state index >= 15 is 0 Å². The molecule has 1 aromatic carbocycles. The van der Waals surface area contributed by atoms with E-state index in [1.54, 1.807) is 0 Å². The third-order valence-electron chi connectivity index (χ3n) is 2.00. The van der Waals surface area contributed by atoms with Crippen molar-refractivity contribution >= 4 is 39.2 Å². The van der Waals surface area contributed by atoms with Gasteiger partial charge >= 0.3 is 6.00 Å². The summed E-state index contributed by atoms with van der Waals surface area (Å²) in [5.74, 6) is 0.424. The van der Waals surface area contributed by atoms with Crippen molar-refractivity contribution in [3.05, 3.63) is 35.9 Å². The Morgan fingerprint density at radius 1 is 1.12 bits per heavy atom. The van der Waals surface area contributed by atoms with Crippen molar-refractivity contribution < 1.29 is 4.74 Å². The summed E-state index contributed by atoms with van der Waals surface area (Å²) in [5, 5.41) is 0. The minimum absolute atomic E-state index is 0.388. The summed E-state index contributed by atoms with van der Waals surface area (Å²) in [6.45, 7) is 4.74. The van der Waals surface area contributed by atoms with Crippen LogP contribution < -0.4 is 0 Å². The topological polar surface area (TPSA) is 9.23 Å². The Hall–Kier alpha value is 0.267. The van der Waals surface area contributed by atoms with E-state index in [4.69, 9.17) is 38.0 Å². The molecule has 1 atom stereocenters. The first-order valence-corrected chi connectivity index (χ1v) is 10.3. The molecule has 0 bridgehead atoms. The third-order valence-corrected chi connectivity index (χ3v) is 4.87. The molecule has 0 aromatic heterocycles. The van der Waals surface area contributed by atoms with Crippen LogP contribution in [-0.4, -0.2) is 12.6 Å². The van der Waals surface area contributed by atoms with Gasteiger partial charge < -0.3 is 4.74 Å². The van der Waals surface area contributed by atoms with Gasteiger partial charge in [0.2, 0.25) is 0 Å². The lowest BCUT2D eigenvalue weighted by Crippen LogP contribution is -2.27. The highest BCUT2D eigenvalue weighted by molar-refractivity contribution is 7.65. The Balaban J connectivity index is 2.81. The molecule has 1 nitrogen and oxygen atoms in total. The minimum Gasteiger partial charge on any atom is -0.372 e. The minimum atomic E-state index is -2.90. The van der Waals surface area contributed by atoms with Gasteiger partial charge in [0.1, 0.15) is 5.73 Å². The molecule has 0 saturated heterocycles. The van der Waals surface area contributed by atoms with Crippen LogP contribution >= 0.6 is 33.2 Å². The van der Waals surface area contributed by atoms with Gasteiger partial charge in [0.25, 0.3) is 0 Å². The predicted octanol–water partition coefficient (Wildman–Crippen LogP) is 4.59. The average Bonchev–Trinajstić information content (AvgIpc) is 2.17. The number of hydrogen-bond acceptors (Lipinski definition) is 1. The molecule has 0 saturated carbocycles. The molecule has 90 valence electrons. The second-order valence-corrected chi connectivity index (χ2v) is 12.8. The molecule has 0 heterocycles. The highest BCUT2D eigenvalue weighted by Gasteiger charge is 2.39. The maximum absolute atomic E-state index is 6.06. The Kier molecular flexibility index (Phi) is 5.61. The van der Waals surface area contributed by atoms with Gasteiger partial charge in [-0.05, 0) is 11.5 Å². The van der Waals surface area contributed by atoms with Gasteiger partial charge in [-0.3, -0.25) is 0 Å². The molecule has 0 aliphatic rings. The van der Waals surface area contributed by atoms with Gasteiger partial charge in [0, 0.05) is 6.61 Å². The largest absolute Gasteiger partial charge is 0.373 e. The van der Waals surface area contributed by atoms with Crippen LogP contribution in [-0.2, 0) is 4.74 Å². The van der Waals surface area contributed by atoms with Crippen LogP contribution in [0.4, 0.5) is 0 Å². The van der Waals surface area contributed by atoms with Crippen LogP contribution in [0, 0.1) is 5.92 Å². The summed E-state index contributed by atoms with van der Waals surface area (Å²) >= 11 is 18.2. The molecule has 1 rings (SSSR count). The Morgan fingerprint density at radius 3 is 2.12 bits per heavy atom. The van der Waals surface area contributed by atoms with Crippen molar-refractivity contribution in [3.8, 4) is 0 Å². The summed E-state index contributed by atoms with van der Waals surface area (Å²) in [7, 11) is 0. The van der Waals surface area contributed by atoms with E-state index in [0.29, 0.717) is 12.5 Å². The Bertz CT molecular complexity index is 311. The second kappa shape index (κ2) is 6.27. The number of benzene rings is 1. The van der Waals surface area contributed by atoms with Crippen molar-refractivity contribution in [2.45, 2.75) is 19.6 Å². The van der Waals surface area contributed by atoms with Gasteiger partial charge in [-0.25, -0.2) is 0 Å². The fourth-order valence-corrected chi connectivity index (χ4v) is 3.85. The molecule has 0 fully saturated rings. The van der Waals surface area contributed by atoms with Gasteiger partial charge in [-0.1, -0.05) is 44.2 Å². The highest BCUT2D eigenvalue weighted by atomic mass is 35.8. The van der Waals surface area contributed by atoms with E-state index in [9.17, 15) is 0 Å². The molecule has 1 unspecified atom stereocenters. The zero-order chi connectivity index (χ0) is 12.2. The quantitative estimate of drug-likeness (QED) is 0.570. The SMILES string of the molecule is CC(C)COC(c1ccccc1)[Si](Cl)(Cl)Cl. The van der Waals surface area contributed by atoms with E-state index < -0.39 is 6.00 Å². The second-order valence-electron chi connectivity index (χ2n) is 4.06. The van der Waals surface area contributed by atoms with Crippen molar-refractivity contribution in [1.29, 1.82) is 0 Å². The van der Waals surface area contributed by atoms with Gasteiger partial charge in [-0.15, -0.1) is 33.2 Å². The number of rotatable bonds is 5. The molecule has 16 heavy (non-hydrogen) atoms. The molecule has 1 aromatic rings. The predicted molar refractivity (Wildman–Crippen MR) is 73.3 cm³/mol. The first kappa shape index (κ1) is 14.3. The standard InChI is InChI=1S/C11H15Cl3OSi/c1-9(2)8-15-11(16(12,13)14)10-6-4-3-5-7-10/h3-7,9,11H,8H2,1-2H3. The fraction of sp³-hybridized carbons (Fsp3) is 0.455. The fourth-order valence-electron chi connectivity index (χ4n) is 1.30. The molecule has 0 amide bonds. The van der Waals surface area contributed by atoms with Crippen molar-refractivity contribution in [1.82, 2.24) is 0 Å². The third kappa shape index (κ3) is 4.64. The molecule has 0 radical (unpaired) electrons. The smallest absolute Gasteiger partial charge is 0.372 e. The molecular formula is C11H15Cl3OSi.